The van der Waals surface area contributed by atoms with Crippen molar-refractivity contribution in [3.8, 4) is 0 Å². The van der Waals surface area contributed by atoms with E-state index in [1.54, 1.807) is 11.3 Å². The zero-order valence-corrected chi connectivity index (χ0v) is 11.7. The van der Waals surface area contributed by atoms with Crippen molar-refractivity contribution in [3.05, 3.63) is 28.7 Å². The van der Waals surface area contributed by atoms with Gasteiger partial charge in [0.15, 0.2) is 0 Å². The second-order valence-corrected chi connectivity index (χ2v) is 5.58. The molecule has 0 radical (unpaired) electrons. The number of anilines is 1. The van der Waals surface area contributed by atoms with Gasteiger partial charge in [-0.05, 0) is 17.4 Å². The number of nitrogens with two attached hydrogens (primary N) is 1. The molecule has 0 spiro atoms. The summed E-state index contributed by atoms with van der Waals surface area (Å²) in [6.45, 7) is 4.29. The SMILES string of the molecule is CC(C)C(NC(=O)Cn1cnc(N)n1)c1cccs1. The van der Waals surface area contributed by atoms with E-state index in [9.17, 15) is 4.79 Å². The molecule has 2 aromatic rings. The van der Waals surface area contributed by atoms with Crippen LogP contribution in [-0.2, 0) is 11.3 Å². The number of nitrogen functional groups attached to an aromatic ring is 1. The van der Waals surface area contributed by atoms with Crippen LogP contribution in [0, 0.1) is 5.92 Å². The molecule has 3 N–H and O–H groups in total. The van der Waals surface area contributed by atoms with Gasteiger partial charge in [0, 0.05) is 4.88 Å². The molecule has 0 bridgehead atoms. The van der Waals surface area contributed by atoms with E-state index in [1.807, 2.05) is 17.5 Å². The van der Waals surface area contributed by atoms with E-state index in [-0.39, 0.29) is 24.4 Å². The molecule has 0 aromatic carbocycles. The first-order valence-electron chi connectivity index (χ1n) is 6.04. The van der Waals surface area contributed by atoms with Gasteiger partial charge in [-0.25, -0.2) is 9.67 Å². The van der Waals surface area contributed by atoms with Crippen molar-refractivity contribution >= 4 is 23.2 Å². The largest absolute Gasteiger partial charge is 0.367 e. The quantitative estimate of drug-likeness (QED) is 0.867. The maximum Gasteiger partial charge on any atom is 0.242 e. The average Bonchev–Trinajstić information content (AvgIpc) is 2.97. The van der Waals surface area contributed by atoms with E-state index in [2.05, 4.69) is 29.2 Å². The van der Waals surface area contributed by atoms with Crippen molar-refractivity contribution in [2.45, 2.75) is 26.4 Å². The summed E-state index contributed by atoms with van der Waals surface area (Å²) in [6.07, 6.45) is 1.45. The number of hydrogen-bond donors (Lipinski definition) is 2. The van der Waals surface area contributed by atoms with Crippen molar-refractivity contribution in [2.75, 3.05) is 5.73 Å². The molecule has 0 saturated carbocycles. The number of amides is 1. The van der Waals surface area contributed by atoms with Crippen LogP contribution < -0.4 is 11.1 Å². The molecular formula is C12H17N5OS. The molecule has 2 aromatic heterocycles. The fourth-order valence-corrected chi connectivity index (χ4v) is 2.74. The number of hydrogen-bond acceptors (Lipinski definition) is 5. The molecule has 0 saturated heterocycles. The highest BCUT2D eigenvalue weighted by molar-refractivity contribution is 7.10. The van der Waals surface area contributed by atoms with Crippen molar-refractivity contribution < 1.29 is 4.79 Å². The smallest absolute Gasteiger partial charge is 0.242 e. The van der Waals surface area contributed by atoms with Crippen LogP contribution in [0.25, 0.3) is 0 Å². The summed E-state index contributed by atoms with van der Waals surface area (Å²) in [5.74, 6) is 0.395. The Morgan fingerprint density at radius 2 is 2.37 bits per heavy atom. The van der Waals surface area contributed by atoms with Gasteiger partial charge in [0.2, 0.25) is 11.9 Å². The number of aromatic nitrogens is 3. The molecule has 0 fully saturated rings. The summed E-state index contributed by atoms with van der Waals surface area (Å²) in [7, 11) is 0. The van der Waals surface area contributed by atoms with E-state index >= 15 is 0 Å². The molecule has 0 aliphatic carbocycles. The molecule has 7 heteroatoms. The first-order valence-corrected chi connectivity index (χ1v) is 6.92. The maximum absolute atomic E-state index is 12.0. The highest BCUT2D eigenvalue weighted by Crippen LogP contribution is 2.25. The third-order valence-corrected chi connectivity index (χ3v) is 3.65. The fraction of sp³-hybridized carbons (Fsp3) is 0.417. The Hall–Kier alpha value is -1.89. The van der Waals surface area contributed by atoms with Gasteiger partial charge in [-0.2, -0.15) is 0 Å². The first-order chi connectivity index (χ1) is 9.06. The van der Waals surface area contributed by atoms with Gasteiger partial charge in [0.1, 0.15) is 12.9 Å². The molecule has 0 aliphatic rings. The highest BCUT2D eigenvalue weighted by Gasteiger charge is 2.19. The summed E-state index contributed by atoms with van der Waals surface area (Å²) in [5, 5.41) is 8.92. The normalized spacial score (nSPS) is 12.6. The second-order valence-electron chi connectivity index (χ2n) is 4.60. The molecule has 1 unspecified atom stereocenters. The number of thiophene rings is 1. The number of nitrogens with zero attached hydrogens (tertiary/aromatic N) is 3. The van der Waals surface area contributed by atoms with Gasteiger partial charge in [-0.3, -0.25) is 4.79 Å². The minimum absolute atomic E-state index is 0.0216. The molecule has 2 heterocycles. The molecule has 6 nitrogen and oxygen atoms in total. The Balaban J connectivity index is 2.00. The lowest BCUT2D eigenvalue weighted by Crippen LogP contribution is -2.33. The molecule has 1 atom stereocenters. The Bertz CT molecular complexity index is 534. The minimum atomic E-state index is -0.1000. The summed E-state index contributed by atoms with van der Waals surface area (Å²) in [5.41, 5.74) is 5.41. The number of rotatable bonds is 5. The molecule has 102 valence electrons. The predicted octanol–water partition coefficient (Wildman–Crippen LogP) is 1.44. The topological polar surface area (TPSA) is 85.8 Å². The molecule has 2 rings (SSSR count). The third-order valence-electron chi connectivity index (χ3n) is 2.69. The van der Waals surface area contributed by atoms with E-state index in [1.165, 1.54) is 11.0 Å². The van der Waals surface area contributed by atoms with Crippen LogP contribution in [0.5, 0.6) is 0 Å². The van der Waals surface area contributed by atoms with Crippen molar-refractivity contribution in [1.82, 2.24) is 20.1 Å². The van der Waals surface area contributed by atoms with Gasteiger partial charge in [-0.15, -0.1) is 16.4 Å². The zero-order valence-electron chi connectivity index (χ0n) is 10.9. The Morgan fingerprint density at radius 1 is 1.58 bits per heavy atom. The zero-order chi connectivity index (χ0) is 13.8. The van der Waals surface area contributed by atoms with Gasteiger partial charge in [-0.1, -0.05) is 19.9 Å². The summed E-state index contributed by atoms with van der Waals surface area (Å²) < 4.78 is 1.43. The lowest BCUT2D eigenvalue weighted by Gasteiger charge is -2.21. The van der Waals surface area contributed by atoms with E-state index in [0.29, 0.717) is 5.92 Å². The predicted molar refractivity (Wildman–Crippen MR) is 74.5 cm³/mol. The average molecular weight is 279 g/mol. The van der Waals surface area contributed by atoms with Crippen LogP contribution in [0.3, 0.4) is 0 Å². The lowest BCUT2D eigenvalue weighted by molar-refractivity contribution is -0.122. The van der Waals surface area contributed by atoms with E-state index < -0.39 is 0 Å². The molecule has 19 heavy (non-hydrogen) atoms. The summed E-state index contributed by atoms with van der Waals surface area (Å²) >= 11 is 1.64. The van der Waals surface area contributed by atoms with E-state index in [4.69, 9.17) is 5.73 Å². The second kappa shape index (κ2) is 5.83. The molecule has 0 aliphatic heterocycles. The van der Waals surface area contributed by atoms with Crippen LogP contribution in [-0.4, -0.2) is 20.7 Å². The van der Waals surface area contributed by atoms with Crippen molar-refractivity contribution in [3.63, 3.8) is 0 Å². The van der Waals surface area contributed by atoms with Crippen LogP contribution in [0.2, 0.25) is 0 Å². The lowest BCUT2D eigenvalue weighted by atomic mass is 10.0. The highest BCUT2D eigenvalue weighted by atomic mass is 32.1. The summed E-state index contributed by atoms with van der Waals surface area (Å²) in [6, 6.07) is 4.04. The number of nitrogens with one attached hydrogen (secondary N) is 1. The first kappa shape index (κ1) is 13.5. The Morgan fingerprint density at radius 3 is 2.89 bits per heavy atom. The van der Waals surface area contributed by atoms with Crippen molar-refractivity contribution in [2.24, 2.45) is 5.92 Å². The third kappa shape index (κ3) is 3.54. The van der Waals surface area contributed by atoms with E-state index in [0.717, 1.165) is 4.88 Å². The number of carbonyl (C=O) groups is 1. The molecular weight excluding hydrogens is 262 g/mol. The van der Waals surface area contributed by atoms with Gasteiger partial charge in [0.25, 0.3) is 0 Å². The minimum Gasteiger partial charge on any atom is -0.367 e. The van der Waals surface area contributed by atoms with Crippen molar-refractivity contribution in [1.29, 1.82) is 0 Å². The van der Waals surface area contributed by atoms with Gasteiger partial charge in [0.05, 0.1) is 6.04 Å². The standard InChI is InChI=1S/C12H17N5OS/c1-8(2)11(9-4-3-5-19-9)15-10(18)6-17-7-14-12(13)16-17/h3-5,7-8,11H,6H2,1-2H3,(H2,13,16)(H,15,18). The fourth-order valence-electron chi connectivity index (χ4n) is 1.79. The number of carbonyl (C=O) groups excluding carboxylic acids is 1. The van der Waals surface area contributed by atoms with Crippen LogP contribution in [0.4, 0.5) is 5.95 Å². The Kier molecular flexibility index (Phi) is 4.16. The molecule has 1 amide bonds. The van der Waals surface area contributed by atoms with Crippen LogP contribution >= 0.6 is 11.3 Å². The Labute approximate surface area is 115 Å². The van der Waals surface area contributed by atoms with Crippen LogP contribution in [0.15, 0.2) is 23.8 Å². The summed E-state index contributed by atoms with van der Waals surface area (Å²) in [4.78, 5) is 16.9. The maximum atomic E-state index is 12.0. The van der Waals surface area contributed by atoms with Gasteiger partial charge < -0.3 is 11.1 Å². The monoisotopic (exact) mass is 279 g/mol. The van der Waals surface area contributed by atoms with Gasteiger partial charge >= 0.3 is 0 Å². The van der Waals surface area contributed by atoms with Crippen LogP contribution in [0.1, 0.15) is 24.8 Å².